The highest BCUT2D eigenvalue weighted by molar-refractivity contribution is 5.78. The van der Waals surface area contributed by atoms with E-state index in [9.17, 15) is 4.79 Å². The van der Waals surface area contributed by atoms with Crippen LogP contribution in [-0.2, 0) is 4.79 Å². The van der Waals surface area contributed by atoms with Crippen LogP contribution in [0.15, 0.2) is 54.6 Å². The van der Waals surface area contributed by atoms with Gasteiger partial charge in [-0.2, -0.15) is 0 Å². The molecule has 0 N–H and O–H groups in total. The average Bonchev–Trinajstić information content (AvgIpc) is 2.80. The number of piperazine rings is 1. The molecule has 0 aliphatic carbocycles. The Morgan fingerprint density at radius 2 is 1.61 bits per heavy atom. The van der Waals surface area contributed by atoms with Crippen LogP contribution < -0.4 is 9.64 Å². The van der Waals surface area contributed by atoms with Gasteiger partial charge in [0, 0.05) is 31.7 Å². The largest absolute Gasteiger partial charge is 0.484 e. The molecule has 1 aliphatic heterocycles. The lowest BCUT2D eigenvalue weighted by molar-refractivity contribution is -0.133. The molecule has 160 valence electrons. The third kappa shape index (κ3) is 5.02. The number of rotatable bonds is 5. The fraction of sp³-hybridized carbons (Fsp3) is 0.320. The second-order valence-corrected chi connectivity index (χ2v) is 8.05. The molecule has 6 heteroatoms. The summed E-state index contributed by atoms with van der Waals surface area (Å²) in [7, 11) is 0. The Labute approximate surface area is 183 Å². The zero-order chi connectivity index (χ0) is 21.8. The molecule has 2 heterocycles. The summed E-state index contributed by atoms with van der Waals surface area (Å²) in [6.45, 7) is 8.99. The van der Waals surface area contributed by atoms with Crippen LogP contribution >= 0.6 is 0 Å². The Kier molecular flexibility index (Phi) is 6.16. The number of hydrogen-bond donors (Lipinski definition) is 0. The highest BCUT2D eigenvalue weighted by Crippen LogP contribution is 2.20. The van der Waals surface area contributed by atoms with Crippen molar-refractivity contribution in [2.45, 2.75) is 20.8 Å². The summed E-state index contributed by atoms with van der Waals surface area (Å²) >= 11 is 0. The fourth-order valence-electron chi connectivity index (χ4n) is 3.60. The molecular weight excluding hydrogens is 388 g/mol. The van der Waals surface area contributed by atoms with E-state index >= 15 is 0 Å². The molecule has 0 unspecified atom stereocenters. The van der Waals surface area contributed by atoms with Crippen molar-refractivity contribution in [3.05, 3.63) is 71.3 Å². The number of aromatic nitrogens is 2. The molecule has 31 heavy (non-hydrogen) atoms. The molecule has 1 saturated heterocycles. The van der Waals surface area contributed by atoms with Gasteiger partial charge in [0.15, 0.2) is 12.4 Å². The van der Waals surface area contributed by atoms with Gasteiger partial charge >= 0.3 is 0 Å². The standard InChI is InChI=1S/C25H28N4O2/c1-18-4-7-21(8-5-18)23-10-11-24(27-26-23)28-12-14-29(15-13-28)25(30)17-31-22-9-6-19(2)20(3)16-22/h4-11,16H,12-15,17H2,1-3H3. The molecule has 6 nitrogen and oxygen atoms in total. The van der Waals surface area contributed by atoms with E-state index in [-0.39, 0.29) is 12.5 Å². The van der Waals surface area contributed by atoms with Crippen molar-refractivity contribution in [2.75, 3.05) is 37.7 Å². The number of ether oxygens (including phenoxy) is 1. The molecule has 1 amide bonds. The van der Waals surface area contributed by atoms with Crippen molar-refractivity contribution in [1.29, 1.82) is 0 Å². The van der Waals surface area contributed by atoms with Gasteiger partial charge in [-0.25, -0.2) is 0 Å². The van der Waals surface area contributed by atoms with Gasteiger partial charge in [0.25, 0.3) is 5.91 Å². The minimum atomic E-state index is 0.0127. The van der Waals surface area contributed by atoms with Gasteiger partial charge in [-0.05, 0) is 56.2 Å². The maximum Gasteiger partial charge on any atom is 0.260 e. The van der Waals surface area contributed by atoms with E-state index in [0.717, 1.165) is 41.5 Å². The van der Waals surface area contributed by atoms with Crippen molar-refractivity contribution in [1.82, 2.24) is 15.1 Å². The smallest absolute Gasteiger partial charge is 0.260 e. The Hall–Kier alpha value is -3.41. The summed E-state index contributed by atoms with van der Waals surface area (Å²) in [4.78, 5) is 16.6. The molecule has 0 spiro atoms. The van der Waals surface area contributed by atoms with Crippen molar-refractivity contribution in [3.8, 4) is 17.0 Å². The number of aryl methyl sites for hydroxylation is 3. The highest BCUT2D eigenvalue weighted by Gasteiger charge is 2.22. The summed E-state index contributed by atoms with van der Waals surface area (Å²) in [6.07, 6.45) is 0. The molecule has 0 radical (unpaired) electrons. The van der Waals surface area contributed by atoms with Crippen molar-refractivity contribution < 1.29 is 9.53 Å². The molecule has 4 rings (SSSR count). The highest BCUT2D eigenvalue weighted by atomic mass is 16.5. The molecule has 1 aliphatic rings. The zero-order valence-corrected chi connectivity index (χ0v) is 18.3. The summed E-state index contributed by atoms with van der Waals surface area (Å²) in [6, 6.07) is 18.2. The number of carbonyl (C=O) groups is 1. The summed E-state index contributed by atoms with van der Waals surface area (Å²) in [5.74, 6) is 1.59. The normalized spacial score (nSPS) is 13.9. The Balaban J connectivity index is 1.29. The van der Waals surface area contributed by atoms with Crippen molar-refractivity contribution >= 4 is 11.7 Å². The maximum absolute atomic E-state index is 12.5. The van der Waals surface area contributed by atoms with E-state index in [4.69, 9.17) is 4.74 Å². The van der Waals surface area contributed by atoms with E-state index in [1.807, 2.05) is 42.2 Å². The summed E-state index contributed by atoms with van der Waals surface area (Å²) < 4.78 is 5.70. The fourth-order valence-corrected chi connectivity index (χ4v) is 3.60. The van der Waals surface area contributed by atoms with Crippen LogP contribution in [0.2, 0.25) is 0 Å². The second kappa shape index (κ2) is 9.16. The molecular formula is C25H28N4O2. The molecule has 0 atom stereocenters. The first-order valence-corrected chi connectivity index (χ1v) is 10.6. The first kappa shape index (κ1) is 20.8. The summed E-state index contributed by atoms with van der Waals surface area (Å²) in [5, 5.41) is 8.80. The second-order valence-electron chi connectivity index (χ2n) is 8.05. The molecule has 0 saturated carbocycles. The van der Waals surface area contributed by atoms with Crippen LogP contribution in [0.5, 0.6) is 5.75 Å². The van der Waals surface area contributed by atoms with Gasteiger partial charge in [-0.3, -0.25) is 4.79 Å². The van der Waals surface area contributed by atoms with E-state index < -0.39 is 0 Å². The van der Waals surface area contributed by atoms with Crippen LogP contribution in [0.4, 0.5) is 5.82 Å². The third-order valence-electron chi connectivity index (χ3n) is 5.79. The zero-order valence-electron chi connectivity index (χ0n) is 18.3. The van der Waals surface area contributed by atoms with Gasteiger partial charge in [-0.15, -0.1) is 10.2 Å². The lowest BCUT2D eigenvalue weighted by Crippen LogP contribution is -2.50. The van der Waals surface area contributed by atoms with Gasteiger partial charge in [0.1, 0.15) is 5.75 Å². The van der Waals surface area contributed by atoms with Gasteiger partial charge in [0.05, 0.1) is 5.69 Å². The quantitative estimate of drug-likeness (QED) is 0.633. The number of hydrogen-bond acceptors (Lipinski definition) is 5. The van der Waals surface area contributed by atoms with Crippen LogP contribution in [0.25, 0.3) is 11.3 Å². The predicted molar refractivity (Wildman–Crippen MR) is 122 cm³/mol. The molecule has 3 aromatic rings. The number of amides is 1. The lowest BCUT2D eigenvalue weighted by atomic mass is 10.1. The topological polar surface area (TPSA) is 58.6 Å². The Morgan fingerprint density at radius 3 is 2.26 bits per heavy atom. The van der Waals surface area contributed by atoms with Crippen LogP contribution in [0.3, 0.4) is 0 Å². The van der Waals surface area contributed by atoms with Gasteiger partial charge < -0.3 is 14.5 Å². The van der Waals surface area contributed by atoms with E-state index in [1.165, 1.54) is 11.1 Å². The van der Waals surface area contributed by atoms with Crippen LogP contribution in [0.1, 0.15) is 16.7 Å². The number of nitrogens with zero attached hydrogens (tertiary/aromatic N) is 4. The van der Waals surface area contributed by atoms with E-state index in [2.05, 4.69) is 53.2 Å². The number of benzene rings is 2. The van der Waals surface area contributed by atoms with Crippen LogP contribution in [-0.4, -0.2) is 53.8 Å². The van der Waals surface area contributed by atoms with E-state index in [0.29, 0.717) is 13.1 Å². The molecule has 0 bridgehead atoms. The van der Waals surface area contributed by atoms with Crippen LogP contribution in [0, 0.1) is 20.8 Å². The first-order chi connectivity index (χ1) is 15.0. The average molecular weight is 417 g/mol. The lowest BCUT2D eigenvalue weighted by Gasteiger charge is -2.35. The minimum Gasteiger partial charge on any atom is -0.484 e. The minimum absolute atomic E-state index is 0.0127. The number of carbonyl (C=O) groups excluding carboxylic acids is 1. The number of anilines is 1. The van der Waals surface area contributed by atoms with Gasteiger partial charge in [0.2, 0.25) is 0 Å². The monoisotopic (exact) mass is 416 g/mol. The van der Waals surface area contributed by atoms with Crippen molar-refractivity contribution in [2.24, 2.45) is 0 Å². The van der Waals surface area contributed by atoms with Gasteiger partial charge in [-0.1, -0.05) is 35.9 Å². The molecule has 1 fully saturated rings. The summed E-state index contributed by atoms with van der Waals surface area (Å²) in [5.41, 5.74) is 5.52. The van der Waals surface area contributed by atoms with Crippen molar-refractivity contribution in [3.63, 3.8) is 0 Å². The molecule has 1 aromatic heterocycles. The third-order valence-corrected chi connectivity index (χ3v) is 5.79. The maximum atomic E-state index is 12.5. The SMILES string of the molecule is Cc1ccc(-c2ccc(N3CCN(C(=O)COc4ccc(C)c(C)c4)CC3)nn2)cc1. The predicted octanol–water partition coefficient (Wildman–Crippen LogP) is 3.80. The van der Waals surface area contributed by atoms with E-state index in [1.54, 1.807) is 0 Å². The Morgan fingerprint density at radius 1 is 0.871 bits per heavy atom. The Bertz CT molecular complexity index is 1040. The molecule has 2 aromatic carbocycles. The first-order valence-electron chi connectivity index (χ1n) is 10.6.